The molecular formula is C21H23F6N5O2. The minimum atomic E-state index is -4.80. The highest BCUT2D eigenvalue weighted by atomic mass is 19.4. The molecule has 0 aliphatic carbocycles. The Labute approximate surface area is 190 Å². The number of rotatable bonds is 6. The quantitative estimate of drug-likeness (QED) is 0.480. The second-order valence-electron chi connectivity index (χ2n) is 7.97. The molecule has 2 amide bonds. The Kier molecular flexibility index (Phi) is 7.24. The summed E-state index contributed by atoms with van der Waals surface area (Å²) in [6, 6.07) is -0.864. The van der Waals surface area contributed by atoms with Gasteiger partial charge in [0.25, 0.3) is 5.91 Å². The van der Waals surface area contributed by atoms with Crippen molar-refractivity contribution >= 4 is 11.8 Å². The Morgan fingerprint density at radius 2 is 1.82 bits per heavy atom. The number of benzene rings is 1. The maximum absolute atomic E-state index is 13.9. The predicted octanol–water partition coefficient (Wildman–Crippen LogP) is 2.93. The number of carbonyl (C=O) groups is 2. The molecule has 186 valence electrons. The van der Waals surface area contributed by atoms with Crippen LogP contribution in [0.1, 0.15) is 53.9 Å². The normalized spacial score (nSPS) is 16.9. The van der Waals surface area contributed by atoms with Crippen molar-refractivity contribution in [2.24, 2.45) is 5.73 Å². The molecule has 2 atom stereocenters. The Hall–Kier alpha value is -3.09. The van der Waals surface area contributed by atoms with Gasteiger partial charge in [-0.2, -0.15) is 13.2 Å². The fraction of sp³-hybridized carbons (Fsp3) is 0.476. The highest BCUT2D eigenvalue weighted by molar-refractivity contribution is 5.94. The van der Waals surface area contributed by atoms with E-state index in [1.54, 1.807) is 6.92 Å². The largest absolute Gasteiger partial charge is 0.449 e. The number of fused-ring (bicyclic) bond motifs is 1. The van der Waals surface area contributed by atoms with Crippen molar-refractivity contribution in [2.45, 2.75) is 51.5 Å². The number of aromatic nitrogens is 2. The summed E-state index contributed by atoms with van der Waals surface area (Å²) in [6.45, 7) is 2.88. The summed E-state index contributed by atoms with van der Waals surface area (Å²) in [6.07, 6.45) is -5.40. The van der Waals surface area contributed by atoms with Crippen LogP contribution in [0.2, 0.25) is 0 Å². The number of imidazole rings is 1. The van der Waals surface area contributed by atoms with Crippen LogP contribution in [0.4, 0.5) is 26.3 Å². The summed E-state index contributed by atoms with van der Waals surface area (Å²) >= 11 is 0. The van der Waals surface area contributed by atoms with Crippen molar-refractivity contribution in [2.75, 3.05) is 13.1 Å². The number of amides is 2. The molecule has 7 nitrogen and oxygen atoms in total. The zero-order valence-corrected chi connectivity index (χ0v) is 18.3. The van der Waals surface area contributed by atoms with Crippen molar-refractivity contribution < 1.29 is 35.9 Å². The molecule has 2 aromatic rings. The Morgan fingerprint density at radius 3 is 2.44 bits per heavy atom. The van der Waals surface area contributed by atoms with Gasteiger partial charge in [-0.15, -0.1) is 0 Å². The maximum atomic E-state index is 13.9. The van der Waals surface area contributed by atoms with Gasteiger partial charge in [-0.3, -0.25) is 9.59 Å². The molecule has 13 heteroatoms. The predicted molar refractivity (Wildman–Crippen MR) is 108 cm³/mol. The van der Waals surface area contributed by atoms with E-state index in [0.717, 1.165) is 4.57 Å². The summed E-state index contributed by atoms with van der Waals surface area (Å²) in [7, 11) is 0. The standard InChI is InChI=1S/C21H23F6N5O2/c1-3-29-19(34)17-18-10(2)31(4-5-32(18)20(30-17)21(25,26)27)16(33)8-12(28)6-11-7-14(23)15(24)9-13(11)22/h7,9-10,12H,3-6,8,28H2,1-2H3,(H,29,34)/t10-,12+/m0/s1. The van der Waals surface area contributed by atoms with Crippen LogP contribution < -0.4 is 11.1 Å². The van der Waals surface area contributed by atoms with Crippen molar-refractivity contribution in [1.29, 1.82) is 0 Å². The second kappa shape index (κ2) is 9.65. The first-order chi connectivity index (χ1) is 15.8. The van der Waals surface area contributed by atoms with Crippen molar-refractivity contribution in [1.82, 2.24) is 19.8 Å². The molecule has 0 fully saturated rings. The Balaban J connectivity index is 1.82. The SMILES string of the molecule is CCNC(=O)c1nc(C(F)(F)F)n2c1[C@H](C)N(C(=O)C[C@H](N)Cc1cc(F)c(F)cc1F)CC2. The van der Waals surface area contributed by atoms with Crippen molar-refractivity contribution in [3.63, 3.8) is 0 Å². The topological polar surface area (TPSA) is 93.2 Å². The Bertz CT molecular complexity index is 1100. The molecule has 3 rings (SSSR count). The van der Waals surface area contributed by atoms with Gasteiger partial charge in [0.15, 0.2) is 17.3 Å². The molecule has 0 saturated heterocycles. The number of hydrogen-bond acceptors (Lipinski definition) is 4. The van der Waals surface area contributed by atoms with E-state index in [2.05, 4.69) is 10.3 Å². The number of nitrogens with zero attached hydrogens (tertiary/aromatic N) is 3. The van der Waals surface area contributed by atoms with Crippen LogP contribution in [-0.2, 0) is 23.9 Å². The lowest BCUT2D eigenvalue weighted by Gasteiger charge is -2.36. The van der Waals surface area contributed by atoms with Crippen LogP contribution in [0.5, 0.6) is 0 Å². The lowest BCUT2D eigenvalue weighted by atomic mass is 10.0. The van der Waals surface area contributed by atoms with Gasteiger partial charge in [-0.1, -0.05) is 0 Å². The minimum absolute atomic E-state index is 0.0573. The van der Waals surface area contributed by atoms with Crippen LogP contribution >= 0.6 is 0 Å². The fourth-order valence-electron chi connectivity index (χ4n) is 4.05. The molecule has 0 spiro atoms. The van der Waals surface area contributed by atoms with Gasteiger partial charge in [-0.05, 0) is 31.9 Å². The van der Waals surface area contributed by atoms with Gasteiger partial charge in [0.1, 0.15) is 5.82 Å². The smallest absolute Gasteiger partial charge is 0.351 e. The molecular weight excluding hydrogens is 468 g/mol. The fourth-order valence-corrected chi connectivity index (χ4v) is 4.05. The molecule has 3 N–H and O–H groups in total. The second-order valence-corrected chi connectivity index (χ2v) is 7.97. The molecule has 1 aliphatic rings. The van der Waals surface area contributed by atoms with Crippen LogP contribution in [0.25, 0.3) is 0 Å². The molecule has 1 aromatic carbocycles. The van der Waals surface area contributed by atoms with Crippen molar-refractivity contribution in [3.05, 3.63) is 52.4 Å². The Morgan fingerprint density at radius 1 is 1.18 bits per heavy atom. The van der Waals surface area contributed by atoms with Gasteiger partial charge in [0.05, 0.1) is 11.7 Å². The lowest BCUT2D eigenvalue weighted by molar-refractivity contribution is -0.148. The van der Waals surface area contributed by atoms with Crippen LogP contribution in [0.15, 0.2) is 12.1 Å². The third kappa shape index (κ3) is 5.03. The number of nitrogens with one attached hydrogen (secondary N) is 1. The summed E-state index contributed by atoms with van der Waals surface area (Å²) in [4.78, 5) is 30.1. The maximum Gasteiger partial charge on any atom is 0.449 e. The first-order valence-corrected chi connectivity index (χ1v) is 10.5. The van der Waals surface area contributed by atoms with Crippen molar-refractivity contribution in [3.8, 4) is 0 Å². The van der Waals surface area contributed by atoms with E-state index in [1.165, 1.54) is 11.8 Å². The minimum Gasteiger partial charge on any atom is -0.351 e. The number of nitrogens with two attached hydrogens (primary N) is 1. The molecule has 0 saturated carbocycles. The first kappa shape index (κ1) is 25.5. The third-order valence-corrected chi connectivity index (χ3v) is 5.57. The van der Waals surface area contributed by atoms with Crippen LogP contribution in [0.3, 0.4) is 0 Å². The molecule has 2 heterocycles. The first-order valence-electron chi connectivity index (χ1n) is 10.5. The van der Waals surface area contributed by atoms with E-state index in [4.69, 9.17) is 5.73 Å². The summed E-state index contributed by atoms with van der Waals surface area (Å²) < 4.78 is 81.8. The van der Waals surface area contributed by atoms with E-state index < -0.39 is 59.0 Å². The molecule has 0 unspecified atom stereocenters. The zero-order chi connectivity index (χ0) is 25.4. The average molecular weight is 491 g/mol. The molecule has 0 bridgehead atoms. The summed E-state index contributed by atoms with van der Waals surface area (Å²) in [5, 5.41) is 2.42. The van der Waals surface area contributed by atoms with E-state index >= 15 is 0 Å². The number of carbonyl (C=O) groups excluding carboxylic acids is 2. The highest BCUT2D eigenvalue weighted by Crippen LogP contribution is 2.36. The van der Waals surface area contributed by atoms with Crippen LogP contribution in [0, 0.1) is 17.5 Å². The number of halogens is 6. The monoisotopic (exact) mass is 491 g/mol. The zero-order valence-electron chi connectivity index (χ0n) is 18.3. The van der Waals surface area contributed by atoms with Gasteiger partial charge in [-0.25, -0.2) is 18.2 Å². The highest BCUT2D eigenvalue weighted by Gasteiger charge is 2.43. The molecule has 1 aliphatic heterocycles. The molecule has 0 radical (unpaired) electrons. The summed E-state index contributed by atoms with van der Waals surface area (Å²) in [5.41, 5.74) is 5.24. The third-order valence-electron chi connectivity index (χ3n) is 5.57. The molecule has 34 heavy (non-hydrogen) atoms. The summed E-state index contributed by atoms with van der Waals surface area (Å²) in [5.74, 6) is -6.20. The van der Waals surface area contributed by atoms with Gasteiger partial charge in [0, 0.05) is 38.2 Å². The molecule has 1 aromatic heterocycles. The van der Waals surface area contributed by atoms with E-state index in [1.807, 2.05) is 0 Å². The van der Waals surface area contributed by atoms with Gasteiger partial charge in [0.2, 0.25) is 11.7 Å². The van der Waals surface area contributed by atoms with Gasteiger partial charge >= 0.3 is 6.18 Å². The number of hydrogen-bond donors (Lipinski definition) is 2. The lowest BCUT2D eigenvalue weighted by Crippen LogP contribution is -2.44. The van der Waals surface area contributed by atoms with Crippen LogP contribution in [-0.4, -0.2) is 45.4 Å². The van der Waals surface area contributed by atoms with Gasteiger partial charge < -0.3 is 20.5 Å². The number of alkyl halides is 3. The average Bonchev–Trinajstić information content (AvgIpc) is 3.13. The van der Waals surface area contributed by atoms with E-state index in [0.29, 0.717) is 12.1 Å². The van der Waals surface area contributed by atoms with E-state index in [9.17, 15) is 35.9 Å². The van der Waals surface area contributed by atoms with E-state index in [-0.39, 0.29) is 43.7 Å².